The molecule has 0 radical (unpaired) electrons. The largest absolute Gasteiger partial charge is 0.342 e. The van der Waals surface area contributed by atoms with E-state index in [1.807, 2.05) is 22.9 Å². The summed E-state index contributed by atoms with van der Waals surface area (Å²) in [5, 5.41) is 4.42. The number of nitrogens with zero attached hydrogens (tertiary/aromatic N) is 4. The van der Waals surface area contributed by atoms with Gasteiger partial charge in [-0.2, -0.15) is 5.10 Å². The van der Waals surface area contributed by atoms with Gasteiger partial charge in [0.1, 0.15) is 5.69 Å². The van der Waals surface area contributed by atoms with E-state index >= 15 is 0 Å². The molecular formula is C20H32N4O2. The number of carbonyl (C=O) groups excluding carboxylic acids is 2. The van der Waals surface area contributed by atoms with Gasteiger partial charge in [0.25, 0.3) is 5.91 Å². The monoisotopic (exact) mass is 360 g/mol. The van der Waals surface area contributed by atoms with Gasteiger partial charge in [0.15, 0.2) is 0 Å². The smallest absolute Gasteiger partial charge is 0.272 e. The molecule has 2 aliphatic heterocycles. The van der Waals surface area contributed by atoms with Crippen molar-refractivity contribution in [1.82, 2.24) is 19.6 Å². The van der Waals surface area contributed by atoms with Crippen molar-refractivity contribution in [3.05, 3.63) is 17.5 Å². The molecular weight excluding hydrogens is 328 g/mol. The lowest BCUT2D eigenvalue weighted by Crippen LogP contribution is -2.55. The Kier molecular flexibility index (Phi) is 5.68. The highest BCUT2D eigenvalue weighted by atomic mass is 16.2. The average Bonchev–Trinajstić information content (AvgIpc) is 3.03. The van der Waals surface area contributed by atoms with Crippen LogP contribution < -0.4 is 0 Å². The number of aryl methyl sites for hydroxylation is 2. The van der Waals surface area contributed by atoms with Crippen LogP contribution in [-0.4, -0.2) is 57.6 Å². The molecule has 1 atom stereocenters. The summed E-state index contributed by atoms with van der Waals surface area (Å²) in [5.74, 6) is 0.363. The minimum Gasteiger partial charge on any atom is -0.342 e. The minimum absolute atomic E-state index is 0.0712. The third-order valence-corrected chi connectivity index (χ3v) is 5.99. The zero-order valence-corrected chi connectivity index (χ0v) is 16.5. The summed E-state index contributed by atoms with van der Waals surface area (Å²) in [6.07, 6.45) is 6.64. The summed E-state index contributed by atoms with van der Waals surface area (Å²) in [6, 6.07) is 1.92. The van der Waals surface area contributed by atoms with Crippen LogP contribution in [-0.2, 0) is 18.3 Å². The van der Waals surface area contributed by atoms with Gasteiger partial charge in [0.2, 0.25) is 5.91 Å². The number of likely N-dealkylation sites (tertiary alicyclic amines) is 2. The highest BCUT2D eigenvalue weighted by molar-refractivity contribution is 5.92. The fraction of sp³-hybridized carbons (Fsp3) is 0.750. The summed E-state index contributed by atoms with van der Waals surface area (Å²) in [5.41, 5.74) is 1.70. The van der Waals surface area contributed by atoms with Crippen molar-refractivity contribution in [2.75, 3.05) is 26.2 Å². The van der Waals surface area contributed by atoms with Crippen LogP contribution >= 0.6 is 0 Å². The van der Waals surface area contributed by atoms with Gasteiger partial charge < -0.3 is 9.80 Å². The van der Waals surface area contributed by atoms with Crippen molar-refractivity contribution < 1.29 is 9.59 Å². The Labute approximate surface area is 156 Å². The fourth-order valence-electron chi connectivity index (χ4n) is 4.43. The third-order valence-electron chi connectivity index (χ3n) is 5.99. The molecule has 0 aliphatic carbocycles. The van der Waals surface area contributed by atoms with Gasteiger partial charge in [-0.25, -0.2) is 0 Å². The second-order valence-electron chi connectivity index (χ2n) is 8.00. The number of rotatable bonds is 5. The van der Waals surface area contributed by atoms with Crippen LogP contribution in [0.15, 0.2) is 6.07 Å². The fourth-order valence-corrected chi connectivity index (χ4v) is 4.43. The molecule has 2 amide bonds. The topological polar surface area (TPSA) is 58.4 Å². The summed E-state index contributed by atoms with van der Waals surface area (Å²) in [6.45, 7) is 7.43. The first-order chi connectivity index (χ1) is 12.5. The van der Waals surface area contributed by atoms with E-state index in [2.05, 4.69) is 18.9 Å². The average molecular weight is 361 g/mol. The van der Waals surface area contributed by atoms with E-state index in [1.54, 1.807) is 4.68 Å². The van der Waals surface area contributed by atoms with Crippen molar-refractivity contribution >= 4 is 11.8 Å². The zero-order chi connectivity index (χ0) is 18.7. The van der Waals surface area contributed by atoms with Gasteiger partial charge in [-0.1, -0.05) is 20.3 Å². The Morgan fingerprint density at radius 3 is 2.77 bits per heavy atom. The molecule has 144 valence electrons. The first kappa shape index (κ1) is 18.9. The van der Waals surface area contributed by atoms with Crippen molar-refractivity contribution in [3.63, 3.8) is 0 Å². The van der Waals surface area contributed by atoms with Crippen molar-refractivity contribution in [2.45, 2.75) is 58.8 Å². The molecule has 2 saturated heterocycles. The Morgan fingerprint density at radius 1 is 1.27 bits per heavy atom. The third kappa shape index (κ3) is 3.79. The van der Waals surface area contributed by atoms with Gasteiger partial charge in [0, 0.05) is 45.1 Å². The maximum Gasteiger partial charge on any atom is 0.272 e. The van der Waals surface area contributed by atoms with E-state index < -0.39 is 0 Å². The zero-order valence-electron chi connectivity index (χ0n) is 16.5. The maximum atomic E-state index is 13.1. The number of unbranched alkanes of at least 4 members (excludes halogenated alkanes) is 1. The molecule has 1 aromatic heterocycles. The molecule has 0 bridgehead atoms. The normalized spacial score (nSPS) is 23.7. The molecule has 3 heterocycles. The van der Waals surface area contributed by atoms with Crippen LogP contribution in [0, 0.1) is 5.41 Å². The molecule has 2 fully saturated rings. The van der Waals surface area contributed by atoms with Crippen LogP contribution in [0.5, 0.6) is 0 Å². The van der Waals surface area contributed by atoms with E-state index in [1.165, 1.54) is 0 Å². The number of amides is 2. The van der Waals surface area contributed by atoms with Gasteiger partial charge in [-0.15, -0.1) is 0 Å². The van der Waals surface area contributed by atoms with Crippen LogP contribution in [0.4, 0.5) is 0 Å². The van der Waals surface area contributed by atoms with Gasteiger partial charge in [0.05, 0.1) is 5.69 Å². The van der Waals surface area contributed by atoms with Crippen molar-refractivity contribution in [1.29, 1.82) is 0 Å². The molecule has 1 aromatic rings. The lowest BCUT2D eigenvalue weighted by Gasteiger charge is -2.48. The van der Waals surface area contributed by atoms with E-state index in [4.69, 9.17) is 0 Å². The molecule has 6 heteroatoms. The Hall–Kier alpha value is -1.85. The molecule has 0 saturated carbocycles. The van der Waals surface area contributed by atoms with E-state index in [-0.39, 0.29) is 17.2 Å². The summed E-state index contributed by atoms with van der Waals surface area (Å²) in [7, 11) is 1.85. The Morgan fingerprint density at radius 2 is 2.08 bits per heavy atom. The van der Waals surface area contributed by atoms with Crippen molar-refractivity contribution in [2.24, 2.45) is 12.5 Å². The van der Waals surface area contributed by atoms with Crippen LogP contribution in [0.3, 0.4) is 0 Å². The summed E-state index contributed by atoms with van der Waals surface area (Å²) >= 11 is 0. The molecule has 2 aliphatic rings. The SMILES string of the molecule is CCCCN1C[C@@]2(CCCN(C(=O)c3cc(CC)nn3C)C2)CCC1=O. The van der Waals surface area contributed by atoms with Crippen LogP contribution in [0.2, 0.25) is 0 Å². The van der Waals surface area contributed by atoms with Gasteiger partial charge in [-0.3, -0.25) is 14.3 Å². The second-order valence-corrected chi connectivity index (χ2v) is 8.00. The molecule has 6 nitrogen and oxygen atoms in total. The quantitative estimate of drug-likeness (QED) is 0.811. The molecule has 0 N–H and O–H groups in total. The number of aromatic nitrogens is 2. The standard InChI is InChI=1S/C20H32N4O2/c1-4-6-11-23-14-20(10-8-18(23)25)9-7-12-24(15-20)19(26)17-13-16(5-2)21-22(17)3/h13H,4-12,14-15H2,1-3H3/t20-/m1/s1. The number of hydrogen-bond acceptors (Lipinski definition) is 3. The minimum atomic E-state index is 0.0712. The van der Waals surface area contributed by atoms with Crippen molar-refractivity contribution in [3.8, 4) is 0 Å². The lowest BCUT2D eigenvalue weighted by molar-refractivity contribution is -0.139. The maximum absolute atomic E-state index is 13.1. The predicted octanol–water partition coefficient (Wildman–Crippen LogP) is 2.63. The highest BCUT2D eigenvalue weighted by Crippen LogP contribution is 2.39. The first-order valence-corrected chi connectivity index (χ1v) is 10.1. The number of piperidine rings is 2. The number of carbonyl (C=O) groups is 2. The van der Waals surface area contributed by atoms with Crippen LogP contribution in [0.1, 0.15) is 68.6 Å². The molecule has 26 heavy (non-hydrogen) atoms. The summed E-state index contributed by atoms with van der Waals surface area (Å²) in [4.78, 5) is 29.4. The number of hydrogen-bond donors (Lipinski definition) is 0. The molecule has 3 rings (SSSR count). The molecule has 0 unspecified atom stereocenters. The van der Waals surface area contributed by atoms with E-state index in [0.717, 1.165) is 70.4 Å². The Bertz CT molecular complexity index is 669. The molecule has 0 aromatic carbocycles. The molecule has 1 spiro atoms. The highest BCUT2D eigenvalue weighted by Gasteiger charge is 2.42. The van der Waals surface area contributed by atoms with Gasteiger partial charge in [-0.05, 0) is 38.2 Å². The summed E-state index contributed by atoms with van der Waals surface area (Å²) < 4.78 is 1.71. The van der Waals surface area contributed by atoms with E-state index in [0.29, 0.717) is 12.1 Å². The second kappa shape index (κ2) is 7.80. The lowest BCUT2D eigenvalue weighted by atomic mass is 9.73. The van der Waals surface area contributed by atoms with Crippen LogP contribution in [0.25, 0.3) is 0 Å². The van der Waals surface area contributed by atoms with Gasteiger partial charge >= 0.3 is 0 Å². The Balaban J connectivity index is 1.72. The first-order valence-electron chi connectivity index (χ1n) is 10.1. The predicted molar refractivity (Wildman–Crippen MR) is 101 cm³/mol. The van der Waals surface area contributed by atoms with E-state index in [9.17, 15) is 9.59 Å².